The van der Waals surface area contributed by atoms with Gasteiger partial charge in [-0.1, -0.05) is 18.2 Å². The Morgan fingerprint density at radius 2 is 1.68 bits per heavy atom. The SMILES string of the molecule is COc1cccc(F)c1[C@@H](N)c1ccc(OC(F)(F)F)cc1. The van der Waals surface area contributed by atoms with Gasteiger partial charge in [0.05, 0.1) is 18.7 Å². The summed E-state index contributed by atoms with van der Waals surface area (Å²) < 4.78 is 59.1. The van der Waals surface area contributed by atoms with Gasteiger partial charge in [0.15, 0.2) is 0 Å². The summed E-state index contributed by atoms with van der Waals surface area (Å²) in [4.78, 5) is 0. The van der Waals surface area contributed by atoms with Crippen LogP contribution in [0.25, 0.3) is 0 Å². The Kier molecular flexibility index (Phi) is 4.56. The maximum absolute atomic E-state index is 13.9. The maximum atomic E-state index is 13.9. The number of nitrogens with two attached hydrogens (primary N) is 1. The van der Waals surface area contributed by atoms with Crippen molar-refractivity contribution in [3.05, 3.63) is 59.4 Å². The molecule has 0 spiro atoms. The van der Waals surface area contributed by atoms with E-state index in [1.54, 1.807) is 6.07 Å². The van der Waals surface area contributed by atoms with E-state index in [1.165, 1.54) is 31.4 Å². The maximum Gasteiger partial charge on any atom is 0.573 e. The minimum Gasteiger partial charge on any atom is -0.496 e. The van der Waals surface area contributed by atoms with Crippen LogP contribution in [-0.4, -0.2) is 13.5 Å². The molecule has 2 N–H and O–H groups in total. The molecule has 0 radical (unpaired) electrons. The number of hydrogen-bond acceptors (Lipinski definition) is 3. The number of hydrogen-bond donors (Lipinski definition) is 1. The van der Waals surface area contributed by atoms with Crippen LogP contribution < -0.4 is 15.2 Å². The lowest BCUT2D eigenvalue weighted by atomic mass is 9.98. The van der Waals surface area contributed by atoms with Crippen molar-refractivity contribution < 1.29 is 27.0 Å². The summed E-state index contributed by atoms with van der Waals surface area (Å²) in [5, 5.41) is 0. The lowest BCUT2D eigenvalue weighted by Crippen LogP contribution is -2.17. The molecular weight excluding hydrogens is 302 g/mol. The van der Waals surface area contributed by atoms with Crippen LogP contribution in [0.2, 0.25) is 0 Å². The highest BCUT2D eigenvalue weighted by Gasteiger charge is 2.31. The highest BCUT2D eigenvalue weighted by molar-refractivity contribution is 5.43. The minimum absolute atomic E-state index is 0.134. The zero-order chi connectivity index (χ0) is 16.3. The Balaban J connectivity index is 2.29. The summed E-state index contributed by atoms with van der Waals surface area (Å²) >= 11 is 0. The fourth-order valence-corrected chi connectivity index (χ4v) is 2.04. The van der Waals surface area contributed by atoms with Crippen LogP contribution >= 0.6 is 0 Å². The summed E-state index contributed by atoms with van der Waals surface area (Å²) in [5.41, 5.74) is 6.55. The first-order chi connectivity index (χ1) is 10.3. The van der Waals surface area contributed by atoms with Crippen molar-refractivity contribution in [2.24, 2.45) is 5.73 Å². The summed E-state index contributed by atoms with van der Waals surface area (Å²) in [5.74, 6) is -0.658. The topological polar surface area (TPSA) is 44.5 Å². The Morgan fingerprint density at radius 1 is 1.05 bits per heavy atom. The Hall–Kier alpha value is -2.28. The van der Waals surface area contributed by atoms with Gasteiger partial charge in [-0.3, -0.25) is 0 Å². The van der Waals surface area contributed by atoms with Crippen LogP contribution in [0, 0.1) is 5.82 Å². The standard InChI is InChI=1S/C15H13F4NO2/c1-21-12-4-2-3-11(16)13(12)14(20)9-5-7-10(8-6-9)22-15(17,18)19/h2-8,14H,20H2,1H3/t14-/m0/s1. The first-order valence-corrected chi connectivity index (χ1v) is 6.25. The molecule has 0 amide bonds. The summed E-state index contributed by atoms with van der Waals surface area (Å²) in [6.45, 7) is 0. The van der Waals surface area contributed by atoms with Gasteiger partial charge >= 0.3 is 6.36 Å². The van der Waals surface area contributed by atoms with Crippen LogP contribution in [0.3, 0.4) is 0 Å². The molecule has 0 unspecified atom stereocenters. The monoisotopic (exact) mass is 315 g/mol. The van der Waals surface area contributed by atoms with Crippen molar-refractivity contribution in [3.63, 3.8) is 0 Å². The second-order valence-corrected chi connectivity index (χ2v) is 4.45. The number of benzene rings is 2. The number of halogens is 4. The molecule has 0 fully saturated rings. The number of ether oxygens (including phenoxy) is 2. The second-order valence-electron chi connectivity index (χ2n) is 4.45. The largest absolute Gasteiger partial charge is 0.573 e. The molecule has 0 heterocycles. The molecule has 7 heteroatoms. The predicted molar refractivity (Wildman–Crippen MR) is 72.1 cm³/mol. The molecule has 118 valence electrons. The smallest absolute Gasteiger partial charge is 0.496 e. The Labute approximate surface area is 124 Å². The van der Waals surface area contributed by atoms with Gasteiger partial charge in [0.2, 0.25) is 0 Å². The third-order valence-electron chi connectivity index (χ3n) is 3.02. The van der Waals surface area contributed by atoms with Gasteiger partial charge < -0.3 is 15.2 Å². The number of alkyl halides is 3. The van der Waals surface area contributed by atoms with E-state index in [4.69, 9.17) is 10.5 Å². The van der Waals surface area contributed by atoms with Gasteiger partial charge in [0.25, 0.3) is 0 Å². The Morgan fingerprint density at radius 3 is 2.23 bits per heavy atom. The molecule has 2 aromatic carbocycles. The van der Waals surface area contributed by atoms with Crippen molar-refractivity contribution >= 4 is 0 Å². The zero-order valence-electron chi connectivity index (χ0n) is 11.5. The molecule has 22 heavy (non-hydrogen) atoms. The van der Waals surface area contributed by atoms with Crippen molar-refractivity contribution in [1.29, 1.82) is 0 Å². The van der Waals surface area contributed by atoms with E-state index in [0.717, 1.165) is 12.1 Å². The van der Waals surface area contributed by atoms with Gasteiger partial charge in [0, 0.05) is 0 Å². The summed E-state index contributed by atoms with van der Waals surface area (Å²) in [6, 6.07) is 8.32. The van der Waals surface area contributed by atoms with E-state index in [-0.39, 0.29) is 17.1 Å². The molecule has 2 rings (SSSR count). The molecule has 0 saturated heterocycles. The van der Waals surface area contributed by atoms with Gasteiger partial charge in [-0.05, 0) is 29.8 Å². The highest BCUT2D eigenvalue weighted by Crippen LogP contribution is 2.32. The third kappa shape index (κ3) is 3.67. The van der Waals surface area contributed by atoms with E-state index in [2.05, 4.69) is 4.74 Å². The molecule has 0 aliphatic rings. The molecule has 1 atom stereocenters. The fourth-order valence-electron chi connectivity index (χ4n) is 2.04. The number of methoxy groups -OCH3 is 1. The first kappa shape index (κ1) is 16.1. The number of rotatable bonds is 4. The van der Waals surface area contributed by atoms with Crippen LogP contribution in [0.15, 0.2) is 42.5 Å². The molecule has 0 saturated carbocycles. The molecule has 0 aliphatic carbocycles. The third-order valence-corrected chi connectivity index (χ3v) is 3.02. The molecule has 3 nitrogen and oxygen atoms in total. The zero-order valence-corrected chi connectivity index (χ0v) is 11.5. The molecule has 0 aromatic heterocycles. The van der Waals surface area contributed by atoms with Crippen molar-refractivity contribution in [2.45, 2.75) is 12.4 Å². The minimum atomic E-state index is -4.77. The average molecular weight is 315 g/mol. The van der Waals surface area contributed by atoms with Crippen LogP contribution in [0.4, 0.5) is 17.6 Å². The lowest BCUT2D eigenvalue weighted by molar-refractivity contribution is -0.274. The second kappa shape index (κ2) is 6.23. The van der Waals surface area contributed by atoms with Crippen LogP contribution in [-0.2, 0) is 0 Å². The van der Waals surface area contributed by atoms with E-state index in [1.807, 2.05) is 0 Å². The molecule has 2 aromatic rings. The van der Waals surface area contributed by atoms with E-state index in [0.29, 0.717) is 5.56 Å². The molecular formula is C15H13F4NO2. The van der Waals surface area contributed by atoms with Crippen LogP contribution in [0.1, 0.15) is 17.2 Å². The highest BCUT2D eigenvalue weighted by atomic mass is 19.4. The fraction of sp³-hybridized carbons (Fsp3) is 0.200. The van der Waals surface area contributed by atoms with Gasteiger partial charge in [-0.2, -0.15) is 0 Å². The quantitative estimate of drug-likeness (QED) is 0.873. The normalized spacial score (nSPS) is 12.8. The van der Waals surface area contributed by atoms with Gasteiger partial charge in [0.1, 0.15) is 17.3 Å². The average Bonchev–Trinajstić information content (AvgIpc) is 2.45. The summed E-state index contributed by atoms with van der Waals surface area (Å²) in [6.07, 6.45) is -4.77. The molecule has 0 aliphatic heterocycles. The van der Waals surface area contributed by atoms with E-state index < -0.39 is 18.2 Å². The van der Waals surface area contributed by atoms with Crippen molar-refractivity contribution in [2.75, 3.05) is 7.11 Å². The van der Waals surface area contributed by atoms with Gasteiger partial charge in [-0.25, -0.2) is 4.39 Å². The molecule has 0 bridgehead atoms. The van der Waals surface area contributed by atoms with E-state index >= 15 is 0 Å². The van der Waals surface area contributed by atoms with Crippen molar-refractivity contribution in [3.8, 4) is 11.5 Å². The summed E-state index contributed by atoms with van der Waals surface area (Å²) in [7, 11) is 1.38. The van der Waals surface area contributed by atoms with Crippen LogP contribution in [0.5, 0.6) is 11.5 Å². The lowest BCUT2D eigenvalue weighted by Gasteiger charge is -2.17. The Bertz CT molecular complexity index is 641. The van der Waals surface area contributed by atoms with E-state index in [9.17, 15) is 17.6 Å². The first-order valence-electron chi connectivity index (χ1n) is 6.25. The van der Waals surface area contributed by atoms with Crippen molar-refractivity contribution in [1.82, 2.24) is 0 Å². The van der Waals surface area contributed by atoms with Gasteiger partial charge in [-0.15, -0.1) is 13.2 Å². The predicted octanol–water partition coefficient (Wildman–Crippen LogP) is 3.78.